The fraction of sp³-hybridized carbons (Fsp3) is 0.462. The fourth-order valence-electron chi connectivity index (χ4n) is 2.36. The van der Waals surface area contributed by atoms with E-state index in [-0.39, 0.29) is 6.04 Å². The van der Waals surface area contributed by atoms with Crippen LogP contribution in [0.15, 0.2) is 22.7 Å². The summed E-state index contributed by atoms with van der Waals surface area (Å²) in [5, 5.41) is 13.1. The number of carboxylic acid groups (broad SMARTS) is 1. The Labute approximate surface area is 120 Å². The largest absolute Gasteiger partial charge is 0.480 e. The maximum absolute atomic E-state index is 11.4. The van der Waals surface area contributed by atoms with Gasteiger partial charge >= 0.3 is 5.97 Å². The van der Waals surface area contributed by atoms with E-state index in [1.54, 1.807) is 18.2 Å². The van der Waals surface area contributed by atoms with Gasteiger partial charge in [-0.3, -0.25) is 10.1 Å². The maximum Gasteiger partial charge on any atom is 0.325 e. The summed E-state index contributed by atoms with van der Waals surface area (Å²) in [6.45, 7) is 0. The smallest absolute Gasteiger partial charge is 0.325 e. The van der Waals surface area contributed by atoms with Gasteiger partial charge in [0.15, 0.2) is 0 Å². The average molecular weight is 333 g/mol. The molecule has 0 amide bonds. The molecule has 3 nitrogen and oxygen atoms in total. The molecule has 0 radical (unpaired) electrons. The van der Waals surface area contributed by atoms with Gasteiger partial charge in [-0.15, -0.1) is 0 Å². The molecular formula is C13H15BrClNO2. The van der Waals surface area contributed by atoms with Crippen molar-refractivity contribution >= 4 is 33.5 Å². The van der Waals surface area contributed by atoms with Crippen LogP contribution in [0.25, 0.3) is 0 Å². The first kappa shape index (κ1) is 13.8. The molecule has 2 N–H and O–H groups in total. The lowest BCUT2D eigenvalue weighted by Crippen LogP contribution is -2.35. The van der Waals surface area contributed by atoms with E-state index in [0.717, 1.165) is 17.3 Å². The molecule has 18 heavy (non-hydrogen) atoms. The van der Waals surface area contributed by atoms with Crippen molar-refractivity contribution in [2.45, 2.75) is 37.8 Å². The fourth-order valence-corrected chi connectivity index (χ4v) is 3.01. The average Bonchev–Trinajstić information content (AvgIpc) is 2.82. The van der Waals surface area contributed by atoms with Crippen molar-refractivity contribution in [1.29, 1.82) is 0 Å². The van der Waals surface area contributed by atoms with Crippen molar-refractivity contribution in [2.24, 2.45) is 0 Å². The molecule has 0 saturated heterocycles. The molecule has 1 unspecified atom stereocenters. The second-order valence-corrected chi connectivity index (χ2v) is 5.88. The number of hydrogen-bond donors (Lipinski definition) is 2. The summed E-state index contributed by atoms with van der Waals surface area (Å²) in [6.07, 6.45) is 4.42. The second kappa shape index (κ2) is 6.04. The van der Waals surface area contributed by atoms with Gasteiger partial charge in [-0.25, -0.2) is 0 Å². The Kier molecular flexibility index (Phi) is 4.65. The van der Waals surface area contributed by atoms with Crippen LogP contribution in [0.1, 0.15) is 37.3 Å². The van der Waals surface area contributed by atoms with E-state index in [4.69, 9.17) is 11.6 Å². The molecule has 0 spiro atoms. The predicted octanol–water partition coefficient (Wildman–Crippen LogP) is 3.76. The number of hydrogen-bond acceptors (Lipinski definition) is 2. The van der Waals surface area contributed by atoms with Crippen molar-refractivity contribution in [3.63, 3.8) is 0 Å². The molecule has 0 aliphatic heterocycles. The van der Waals surface area contributed by atoms with Gasteiger partial charge < -0.3 is 5.11 Å². The van der Waals surface area contributed by atoms with Gasteiger partial charge in [0.2, 0.25) is 0 Å². The van der Waals surface area contributed by atoms with Crippen molar-refractivity contribution in [3.05, 3.63) is 33.3 Å². The number of benzene rings is 1. The Morgan fingerprint density at radius 3 is 2.72 bits per heavy atom. The third-order valence-corrected chi connectivity index (χ3v) is 4.23. The molecular weight excluding hydrogens is 318 g/mol. The topological polar surface area (TPSA) is 49.3 Å². The molecule has 2 rings (SSSR count). The Balaban J connectivity index is 2.23. The number of nitrogens with one attached hydrogen (secondary N) is 1. The highest BCUT2D eigenvalue weighted by atomic mass is 79.9. The monoisotopic (exact) mass is 331 g/mol. The molecule has 1 saturated carbocycles. The highest BCUT2D eigenvalue weighted by Crippen LogP contribution is 2.29. The molecule has 1 aliphatic carbocycles. The molecule has 0 heterocycles. The van der Waals surface area contributed by atoms with Gasteiger partial charge in [0.05, 0.1) is 0 Å². The quantitative estimate of drug-likeness (QED) is 0.882. The lowest BCUT2D eigenvalue weighted by atomic mass is 10.1. The third kappa shape index (κ3) is 3.25. The minimum atomic E-state index is -0.870. The molecule has 5 heteroatoms. The molecule has 1 atom stereocenters. The minimum absolute atomic E-state index is 0.289. The minimum Gasteiger partial charge on any atom is -0.480 e. The van der Waals surface area contributed by atoms with Gasteiger partial charge in [-0.1, -0.05) is 40.4 Å². The summed E-state index contributed by atoms with van der Waals surface area (Å²) in [4.78, 5) is 11.4. The number of aliphatic carboxylic acids is 1. The van der Waals surface area contributed by atoms with Crippen LogP contribution < -0.4 is 5.32 Å². The first-order chi connectivity index (χ1) is 8.58. The zero-order chi connectivity index (χ0) is 13.1. The van der Waals surface area contributed by atoms with Crippen molar-refractivity contribution in [2.75, 3.05) is 0 Å². The summed E-state index contributed by atoms with van der Waals surface area (Å²) in [5.41, 5.74) is 0.682. The highest BCUT2D eigenvalue weighted by molar-refractivity contribution is 9.10. The van der Waals surface area contributed by atoms with Crippen LogP contribution in [0.4, 0.5) is 0 Å². The van der Waals surface area contributed by atoms with Crippen LogP contribution in [0.2, 0.25) is 5.02 Å². The van der Waals surface area contributed by atoms with Gasteiger partial charge in [-0.2, -0.15) is 0 Å². The van der Waals surface area contributed by atoms with E-state index in [1.165, 1.54) is 12.8 Å². The summed E-state index contributed by atoms with van der Waals surface area (Å²) in [5.74, 6) is -0.870. The molecule has 1 aromatic rings. The second-order valence-electron chi connectivity index (χ2n) is 4.59. The molecule has 0 bridgehead atoms. The van der Waals surface area contributed by atoms with Crippen LogP contribution in [0.5, 0.6) is 0 Å². The Bertz CT molecular complexity index is 447. The van der Waals surface area contributed by atoms with Crippen LogP contribution in [0, 0.1) is 0 Å². The SMILES string of the molecule is O=C(O)C(NC1CCCC1)c1cc(Cl)ccc1Br. The summed E-state index contributed by atoms with van der Waals surface area (Å²) in [7, 11) is 0. The molecule has 98 valence electrons. The first-order valence-electron chi connectivity index (χ1n) is 6.01. The number of carbonyl (C=O) groups is 1. The predicted molar refractivity (Wildman–Crippen MR) is 74.9 cm³/mol. The normalized spacial score (nSPS) is 17.9. The summed E-state index contributed by atoms with van der Waals surface area (Å²) < 4.78 is 0.768. The summed E-state index contributed by atoms with van der Waals surface area (Å²) >= 11 is 9.33. The van der Waals surface area contributed by atoms with Crippen LogP contribution >= 0.6 is 27.5 Å². The van der Waals surface area contributed by atoms with E-state index in [1.807, 2.05) is 0 Å². The summed E-state index contributed by atoms with van der Waals surface area (Å²) in [6, 6.07) is 4.80. The van der Waals surface area contributed by atoms with Gasteiger partial charge in [0.25, 0.3) is 0 Å². The van der Waals surface area contributed by atoms with E-state index in [0.29, 0.717) is 10.6 Å². The van der Waals surface area contributed by atoms with E-state index >= 15 is 0 Å². The van der Waals surface area contributed by atoms with E-state index in [9.17, 15) is 9.90 Å². The Morgan fingerprint density at radius 1 is 1.44 bits per heavy atom. The number of carboxylic acids is 1. The number of halogens is 2. The molecule has 1 fully saturated rings. The van der Waals surface area contributed by atoms with Gasteiger partial charge in [-0.05, 0) is 36.6 Å². The lowest BCUT2D eigenvalue weighted by Gasteiger charge is -2.21. The molecule has 0 aromatic heterocycles. The van der Waals surface area contributed by atoms with Crippen LogP contribution in [-0.4, -0.2) is 17.1 Å². The van der Waals surface area contributed by atoms with E-state index in [2.05, 4.69) is 21.2 Å². The number of rotatable bonds is 4. The Morgan fingerprint density at radius 2 is 2.11 bits per heavy atom. The standard InChI is InChI=1S/C13H15BrClNO2/c14-11-6-5-8(15)7-10(11)12(13(17)18)16-9-3-1-2-4-9/h5-7,9,12,16H,1-4H2,(H,17,18). The van der Waals surface area contributed by atoms with Crippen molar-refractivity contribution in [1.82, 2.24) is 5.32 Å². The molecule has 1 aromatic carbocycles. The van der Waals surface area contributed by atoms with Crippen molar-refractivity contribution < 1.29 is 9.90 Å². The Hall–Kier alpha value is -0.580. The van der Waals surface area contributed by atoms with Crippen LogP contribution in [0.3, 0.4) is 0 Å². The third-order valence-electron chi connectivity index (χ3n) is 3.27. The molecule has 1 aliphatic rings. The maximum atomic E-state index is 11.4. The zero-order valence-electron chi connectivity index (χ0n) is 9.83. The van der Waals surface area contributed by atoms with Gasteiger partial charge in [0.1, 0.15) is 6.04 Å². The van der Waals surface area contributed by atoms with Gasteiger partial charge in [0, 0.05) is 15.5 Å². The zero-order valence-corrected chi connectivity index (χ0v) is 12.2. The van der Waals surface area contributed by atoms with Crippen LogP contribution in [-0.2, 0) is 4.79 Å². The first-order valence-corrected chi connectivity index (χ1v) is 7.19. The van der Waals surface area contributed by atoms with E-state index < -0.39 is 12.0 Å². The lowest BCUT2D eigenvalue weighted by molar-refractivity contribution is -0.139. The van der Waals surface area contributed by atoms with Crippen molar-refractivity contribution in [3.8, 4) is 0 Å². The highest BCUT2D eigenvalue weighted by Gasteiger charge is 2.26.